The fraction of sp³-hybridized carbons (Fsp3) is 0.625. The second-order valence-corrected chi connectivity index (χ2v) is 5.61. The lowest BCUT2D eigenvalue weighted by Gasteiger charge is -2.27. The molecule has 0 aromatic heterocycles. The van der Waals surface area contributed by atoms with E-state index in [0.717, 1.165) is 38.2 Å². The van der Waals surface area contributed by atoms with Crippen molar-refractivity contribution in [2.45, 2.75) is 38.3 Å². The third-order valence-corrected chi connectivity index (χ3v) is 4.47. The van der Waals surface area contributed by atoms with Crippen molar-refractivity contribution in [3.05, 3.63) is 29.3 Å². The highest BCUT2D eigenvalue weighted by atomic mass is 16.5. The van der Waals surface area contributed by atoms with Crippen LogP contribution in [0.1, 0.15) is 36.9 Å². The molecule has 3 rings (SSSR count). The van der Waals surface area contributed by atoms with Gasteiger partial charge >= 0.3 is 0 Å². The van der Waals surface area contributed by atoms with E-state index >= 15 is 0 Å². The van der Waals surface area contributed by atoms with Crippen molar-refractivity contribution in [3.8, 4) is 5.75 Å². The predicted molar refractivity (Wildman–Crippen MR) is 75.6 cm³/mol. The SMILES string of the molecule is CNC(c1ccc2c(c1)CCCO2)C1CCOC1C. The molecule has 3 heteroatoms. The van der Waals surface area contributed by atoms with E-state index in [2.05, 4.69) is 30.4 Å². The van der Waals surface area contributed by atoms with E-state index in [4.69, 9.17) is 9.47 Å². The number of fused-ring (bicyclic) bond motifs is 1. The zero-order chi connectivity index (χ0) is 13.2. The average Bonchev–Trinajstić information content (AvgIpc) is 2.86. The normalized spacial score (nSPS) is 27.7. The molecule has 0 spiro atoms. The second-order valence-electron chi connectivity index (χ2n) is 5.61. The van der Waals surface area contributed by atoms with Crippen LogP contribution in [0.2, 0.25) is 0 Å². The first-order valence-electron chi connectivity index (χ1n) is 7.34. The van der Waals surface area contributed by atoms with Gasteiger partial charge in [0.15, 0.2) is 0 Å². The van der Waals surface area contributed by atoms with E-state index in [1.165, 1.54) is 11.1 Å². The zero-order valence-electron chi connectivity index (χ0n) is 11.8. The summed E-state index contributed by atoms with van der Waals surface area (Å²) < 4.78 is 11.4. The van der Waals surface area contributed by atoms with Crippen LogP contribution in [-0.2, 0) is 11.2 Å². The molecule has 1 fully saturated rings. The summed E-state index contributed by atoms with van der Waals surface area (Å²) >= 11 is 0. The van der Waals surface area contributed by atoms with E-state index in [1.807, 2.05) is 7.05 Å². The number of nitrogens with one attached hydrogen (secondary N) is 1. The van der Waals surface area contributed by atoms with E-state index in [-0.39, 0.29) is 0 Å². The molecule has 0 saturated carbocycles. The van der Waals surface area contributed by atoms with E-state index in [0.29, 0.717) is 18.1 Å². The quantitative estimate of drug-likeness (QED) is 0.907. The lowest BCUT2D eigenvalue weighted by atomic mass is 9.87. The molecule has 2 heterocycles. The molecular weight excluding hydrogens is 238 g/mol. The predicted octanol–water partition coefficient (Wildman–Crippen LogP) is 2.70. The minimum absolute atomic E-state index is 0.338. The van der Waals surface area contributed by atoms with Crippen LogP contribution in [0, 0.1) is 5.92 Å². The molecule has 19 heavy (non-hydrogen) atoms. The summed E-state index contributed by atoms with van der Waals surface area (Å²) in [6.07, 6.45) is 3.74. The fourth-order valence-electron chi connectivity index (χ4n) is 3.39. The van der Waals surface area contributed by atoms with Gasteiger partial charge in [-0.25, -0.2) is 0 Å². The van der Waals surface area contributed by atoms with E-state index in [9.17, 15) is 0 Å². The van der Waals surface area contributed by atoms with Crippen molar-refractivity contribution < 1.29 is 9.47 Å². The Morgan fingerprint density at radius 2 is 2.21 bits per heavy atom. The summed E-state index contributed by atoms with van der Waals surface area (Å²) in [6.45, 7) is 3.93. The second kappa shape index (κ2) is 5.51. The third kappa shape index (κ3) is 2.49. The van der Waals surface area contributed by atoms with Gasteiger partial charge in [-0.05, 0) is 50.4 Å². The largest absolute Gasteiger partial charge is 0.493 e. The fourth-order valence-corrected chi connectivity index (χ4v) is 3.39. The minimum Gasteiger partial charge on any atom is -0.493 e. The molecule has 2 aliphatic rings. The molecule has 1 saturated heterocycles. The molecule has 1 aromatic rings. The summed E-state index contributed by atoms with van der Waals surface area (Å²) in [5.41, 5.74) is 2.73. The van der Waals surface area contributed by atoms with Gasteiger partial charge in [-0.2, -0.15) is 0 Å². The molecule has 0 bridgehead atoms. The molecule has 0 radical (unpaired) electrons. The molecule has 3 unspecified atom stereocenters. The third-order valence-electron chi connectivity index (χ3n) is 4.47. The first-order chi connectivity index (χ1) is 9.29. The summed E-state index contributed by atoms with van der Waals surface area (Å²) in [4.78, 5) is 0. The molecular formula is C16H23NO2. The molecule has 3 atom stereocenters. The monoisotopic (exact) mass is 261 g/mol. The van der Waals surface area contributed by atoms with Crippen LogP contribution >= 0.6 is 0 Å². The molecule has 104 valence electrons. The van der Waals surface area contributed by atoms with Crippen LogP contribution in [0.25, 0.3) is 0 Å². The highest BCUT2D eigenvalue weighted by Crippen LogP contribution is 2.35. The summed E-state index contributed by atoms with van der Waals surface area (Å²) in [5.74, 6) is 1.63. The van der Waals surface area contributed by atoms with Gasteiger partial charge in [-0.1, -0.05) is 12.1 Å². The summed E-state index contributed by atoms with van der Waals surface area (Å²) in [5, 5.41) is 3.48. The Morgan fingerprint density at radius 3 is 2.95 bits per heavy atom. The Kier molecular flexibility index (Phi) is 3.76. The van der Waals surface area contributed by atoms with Gasteiger partial charge in [0, 0.05) is 18.6 Å². The Bertz CT molecular complexity index is 446. The van der Waals surface area contributed by atoms with Crippen LogP contribution in [0.15, 0.2) is 18.2 Å². The molecule has 1 aromatic carbocycles. The van der Waals surface area contributed by atoms with E-state index in [1.54, 1.807) is 0 Å². The Balaban J connectivity index is 1.86. The van der Waals surface area contributed by atoms with E-state index < -0.39 is 0 Å². The van der Waals surface area contributed by atoms with Gasteiger partial charge in [0.05, 0.1) is 12.7 Å². The number of hydrogen-bond donors (Lipinski definition) is 1. The minimum atomic E-state index is 0.338. The highest BCUT2D eigenvalue weighted by Gasteiger charge is 2.32. The number of ether oxygens (including phenoxy) is 2. The smallest absolute Gasteiger partial charge is 0.122 e. The van der Waals surface area contributed by atoms with Crippen molar-refractivity contribution in [3.63, 3.8) is 0 Å². The van der Waals surface area contributed by atoms with Crippen molar-refractivity contribution in [2.24, 2.45) is 5.92 Å². The maximum Gasteiger partial charge on any atom is 0.122 e. The number of benzene rings is 1. The van der Waals surface area contributed by atoms with Gasteiger partial charge in [0.25, 0.3) is 0 Å². The molecule has 0 aliphatic carbocycles. The lowest BCUT2D eigenvalue weighted by Crippen LogP contribution is -2.29. The van der Waals surface area contributed by atoms with Crippen molar-refractivity contribution in [2.75, 3.05) is 20.3 Å². The Hall–Kier alpha value is -1.06. The molecule has 0 amide bonds. The molecule has 1 N–H and O–H groups in total. The first-order valence-corrected chi connectivity index (χ1v) is 7.34. The maximum atomic E-state index is 5.72. The standard InChI is InChI=1S/C16H23NO2/c1-11-14(7-9-18-11)16(17-2)13-5-6-15-12(10-13)4-3-8-19-15/h5-6,10-11,14,16-17H,3-4,7-9H2,1-2H3. The number of hydrogen-bond acceptors (Lipinski definition) is 3. The number of rotatable bonds is 3. The van der Waals surface area contributed by atoms with Gasteiger partial charge in [-0.3, -0.25) is 0 Å². The topological polar surface area (TPSA) is 30.5 Å². The number of aryl methyl sites for hydroxylation is 1. The lowest BCUT2D eigenvalue weighted by molar-refractivity contribution is 0.0963. The average molecular weight is 261 g/mol. The van der Waals surface area contributed by atoms with Gasteiger partial charge in [0.2, 0.25) is 0 Å². The molecule has 2 aliphatic heterocycles. The molecule has 3 nitrogen and oxygen atoms in total. The van der Waals surface area contributed by atoms with Crippen LogP contribution in [0.5, 0.6) is 5.75 Å². The van der Waals surface area contributed by atoms with Crippen LogP contribution in [-0.4, -0.2) is 26.4 Å². The van der Waals surface area contributed by atoms with Gasteiger partial charge in [-0.15, -0.1) is 0 Å². The highest BCUT2D eigenvalue weighted by molar-refractivity contribution is 5.40. The maximum absolute atomic E-state index is 5.72. The van der Waals surface area contributed by atoms with Crippen LogP contribution in [0.4, 0.5) is 0 Å². The first kappa shape index (κ1) is 12.9. The van der Waals surface area contributed by atoms with Crippen molar-refractivity contribution in [1.82, 2.24) is 5.32 Å². The van der Waals surface area contributed by atoms with Crippen LogP contribution in [0.3, 0.4) is 0 Å². The van der Waals surface area contributed by atoms with Gasteiger partial charge < -0.3 is 14.8 Å². The van der Waals surface area contributed by atoms with Gasteiger partial charge in [0.1, 0.15) is 5.75 Å². The van der Waals surface area contributed by atoms with Crippen molar-refractivity contribution in [1.29, 1.82) is 0 Å². The Labute approximate surface area is 115 Å². The van der Waals surface area contributed by atoms with Crippen molar-refractivity contribution >= 4 is 0 Å². The van der Waals surface area contributed by atoms with Crippen LogP contribution < -0.4 is 10.1 Å². The summed E-state index contributed by atoms with van der Waals surface area (Å²) in [7, 11) is 2.05. The zero-order valence-corrected chi connectivity index (χ0v) is 11.8. The Morgan fingerprint density at radius 1 is 1.32 bits per heavy atom. The summed E-state index contributed by atoms with van der Waals surface area (Å²) in [6, 6.07) is 7.04.